The van der Waals surface area contributed by atoms with Crippen molar-refractivity contribution in [1.82, 2.24) is 19.9 Å². The fourth-order valence-corrected chi connectivity index (χ4v) is 1.54. The largest absolute Gasteiger partial charge is 0.316 e. The van der Waals surface area contributed by atoms with Gasteiger partial charge in [0.25, 0.3) is 0 Å². The second kappa shape index (κ2) is 4.23. The van der Waals surface area contributed by atoms with Crippen molar-refractivity contribution in [3.8, 4) is 5.69 Å². The highest BCUT2D eigenvalue weighted by Gasteiger charge is 2.04. The zero-order chi connectivity index (χ0) is 10.7. The Bertz CT molecular complexity index is 434. The van der Waals surface area contributed by atoms with Gasteiger partial charge in [0.15, 0.2) is 0 Å². The van der Waals surface area contributed by atoms with E-state index >= 15 is 0 Å². The minimum Gasteiger partial charge on any atom is -0.316 e. The third kappa shape index (κ3) is 2.05. The number of pyridine rings is 1. The van der Waals surface area contributed by atoms with E-state index in [1.165, 1.54) is 5.56 Å². The molecular formula is C11H14N4. The molecule has 2 heterocycles. The zero-order valence-electron chi connectivity index (χ0n) is 8.94. The lowest BCUT2D eigenvalue weighted by molar-refractivity contribution is 0.800. The van der Waals surface area contributed by atoms with E-state index < -0.39 is 0 Å². The Morgan fingerprint density at radius 1 is 1.47 bits per heavy atom. The molecule has 0 aliphatic heterocycles. The van der Waals surface area contributed by atoms with Crippen molar-refractivity contribution < 1.29 is 0 Å². The number of imidazole rings is 1. The predicted molar refractivity (Wildman–Crippen MR) is 58.9 cm³/mol. The van der Waals surface area contributed by atoms with Crippen LogP contribution in [0.5, 0.6) is 0 Å². The molecule has 0 saturated heterocycles. The maximum Gasteiger partial charge on any atom is 0.0991 e. The van der Waals surface area contributed by atoms with E-state index in [1.54, 1.807) is 12.5 Å². The molecule has 0 unspecified atom stereocenters. The topological polar surface area (TPSA) is 42.7 Å². The summed E-state index contributed by atoms with van der Waals surface area (Å²) in [5, 5.41) is 3.13. The molecule has 0 aliphatic carbocycles. The van der Waals surface area contributed by atoms with Gasteiger partial charge in [0.05, 0.1) is 12.0 Å². The van der Waals surface area contributed by atoms with E-state index in [9.17, 15) is 0 Å². The smallest absolute Gasteiger partial charge is 0.0991 e. The number of hydrogen-bond acceptors (Lipinski definition) is 3. The van der Waals surface area contributed by atoms with Crippen LogP contribution in [-0.2, 0) is 6.54 Å². The van der Waals surface area contributed by atoms with Gasteiger partial charge in [-0.15, -0.1) is 0 Å². The second-order valence-electron chi connectivity index (χ2n) is 3.45. The number of rotatable bonds is 3. The highest BCUT2D eigenvalue weighted by Crippen LogP contribution is 2.14. The van der Waals surface area contributed by atoms with Gasteiger partial charge in [-0.3, -0.25) is 4.98 Å². The number of nitrogens with one attached hydrogen (secondary N) is 1. The third-order valence-electron chi connectivity index (χ3n) is 2.25. The Morgan fingerprint density at radius 2 is 2.33 bits per heavy atom. The number of aryl methyl sites for hydroxylation is 1. The van der Waals surface area contributed by atoms with Crippen LogP contribution >= 0.6 is 0 Å². The molecule has 2 rings (SSSR count). The maximum atomic E-state index is 4.29. The molecule has 4 heteroatoms. The maximum absolute atomic E-state index is 4.29. The lowest BCUT2D eigenvalue weighted by Gasteiger charge is -2.10. The molecule has 0 amide bonds. The average Bonchev–Trinajstić information content (AvgIpc) is 2.74. The van der Waals surface area contributed by atoms with Gasteiger partial charge in [0.1, 0.15) is 0 Å². The monoisotopic (exact) mass is 202 g/mol. The van der Waals surface area contributed by atoms with E-state index in [-0.39, 0.29) is 0 Å². The minimum absolute atomic E-state index is 0.806. The summed E-state index contributed by atoms with van der Waals surface area (Å²) in [5.41, 5.74) is 3.31. The van der Waals surface area contributed by atoms with Crippen LogP contribution in [0.25, 0.3) is 5.69 Å². The van der Waals surface area contributed by atoms with Gasteiger partial charge in [0.2, 0.25) is 0 Å². The van der Waals surface area contributed by atoms with Crippen molar-refractivity contribution >= 4 is 0 Å². The molecule has 0 aliphatic rings. The average molecular weight is 202 g/mol. The molecule has 2 aromatic heterocycles. The van der Waals surface area contributed by atoms with Gasteiger partial charge in [-0.05, 0) is 20.0 Å². The van der Waals surface area contributed by atoms with Crippen LogP contribution in [0.15, 0.2) is 31.0 Å². The Labute approximate surface area is 89.0 Å². The molecule has 0 saturated carbocycles. The summed E-state index contributed by atoms with van der Waals surface area (Å²) in [6.07, 6.45) is 7.42. The molecule has 0 radical (unpaired) electrons. The number of nitrogens with zero attached hydrogens (tertiary/aromatic N) is 3. The molecule has 0 fully saturated rings. The zero-order valence-corrected chi connectivity index (χ0v) is 8.94. The van der Waals surface area contributed by atoms with E-state index in [1.807, 2.05) is 30.9 Å². The van der Waals surface area contributed by atoms with E-state index in [0.29, 0.717) is 0 Å². The van der Waals surface area contributed by atoms with Gasteiger partial charge in [0, 0.05) is 36.4 Å². The number of aromatic nitrogens is 3. The quantitative estimate of drug-likeness (QED) is 0.815. The normalized spacial score (nSPS) is 10.5. The van der Waals surface area contributed by atoms with Crippen LogP contribution in [0.1, 0.15) is 11.3 Å². The van der Waals surface area contributed by atoms with Gasteiger partial charge in [-0.25, -0.2) is 4.98 Å². The van der Waals surface area contributed by atoms with Crippen LogP contribution in [-0.4, -0.2) is 21.6 Å². The summed E-state index contributed by atoms with van der Waals surface area (Å²) in [4.78, 5) is 8.35. The predicted octanol–water partition coefficient (Wildman–Crippen LogP) is 1.30. The highest BCUT2D eigenvalue weighted by molar-refractivity contribution is 5.40. The molecular weight excluding hydrogens is 188 g/mol. The van der Waals surface area contributed by atoms with Gasteiger partial charge >= 0.3 is 0 Å². The van der Waals surface area contributed by atoms with Crippen LogP contribution in [0, 0.1) is 6.92 Å². The Balaban J connectivity index is 2.47. The Hall–Kier alpha value is -1.68. The van der Waals surface area contributed by atoms with Gasteiger partial charge < -0.3 is 9.88 Å². The van der Waals surface area contributed by atoms with Crippen LogP contribution in [0.3, 0.4) is 0 Å². The van der Waals surface area contributed by atoms with Crippen LogP contribution in [0.2, 0.25) is 0 Å². The van der Waals surface area contributed by atoms with Crippen molar-refractivity contribution in [2.45, 2.75) is 13.5 Å². The van der Waals surface area contributed by atoms with Crippen LogP contribution in [0.4, 0.5) is 0 Å². The lowest BCUT2D eigenvalue weighted by atomic mass is 10.2. The summed E-state index contributed by atoms with van der Waals surface area (Å²) in [7, 11) is 1.93. The van der Waals surface area contributed by atoms with Crippen molar-refractivity contribution in [2.75, 3.05) is 7.05 Å². The second-order valence-corrected chi connectivity index (χ2v) is 3.45. The summed E-state index contributed by atoms with van der Waals surface area (Å²) in [6, 6.07) is 2.06. The third-order valence-corrected chi connectivity index (χ3v) is 2.25. The van der Waals surface area contributed by atoms with Gasteiger partial charge in [-0.1, -0.05) is 0 Å². The van der Waals surface area contributed by atoms with Crippen LogP contribution < -0.4 is 5.32 Å². The fraction of sp³-hybridized carbons (Fsp3) is 0.273. The van der Waals surface area contributed by atoms with Crippen molar-refractivity contribution in [3.05, 3.63) is 42.2 Å². The molecule has 2 aromatic rings. The summed E-state index contributed by atoms with van der Waals surface area (Å²) >= 11 is 0. The Morgan fingerprint density at radius 3 is 3.00 bits per heavy atom. The molecule has 0 spiro atoms. The number of hydrogen-bond donors (Lipinski definition) is 1. The first kappa shape index (κ1) is 9.86. The van der Waals surface area contributed by atoms with E-state index in [2.05, 4.69) is 21.4 Å². The molecule has 0 atom stereocenters. The molecule has 0 bridgehead atoms. The first-order valence-corrected chi connectivity index (χ1v) is 4.89. The minimum atomic E-state index is 0.806. The molecule has 0 aromatic carbocycles. The first-order chi connectivity index (χ1) is 7.31. The molecule has 1 N–H and O–H groups in total. The fourth-order valence-electron chi connectivity index (χ4n) is 1.54. The van der Waals surface area contributed by atoms with Crippen molar-refractivity contribution in [1.29, 1.82) is 0 Å². The SMILES string of the molecule is CNCc1cnc(C)cc1-n1ccnc1. The Kier molecular flexibility index (Phi) is 2.78. The molecule has 4 nitrogen and oxygen atoms in total. The van der Waals surface area contributed by atoms with Crippen molar-refractivity contribution in [3.63, 3.8) is 0 Å². The van der Waals surface area contributed by atoms with E-state index in [0.717, 1.165) is 17.9 Å². The standard InChI is InChI=1S/C11H14N4/c1-9-5-11(15-4-3-13-8-15)10(6-12-2)7-14-9/h3-5,7-8,12H,6H2,1-2H3. The van der Waals surface area contributed by atoms with Gasteiger partial charge in [-0.2, -0.15) is 0 Å². The highest BCUT2D eigenvalue weighted by atomic mass is 15.0. The first-order valence-electron chi connectivity index (χ1n) is 4.89. The molecule has 78 valence electrons. The van der Waals surface area contributed by atoms with E-state index in [4.69, 9.17) is 0 Å². The lowest BCUT2D eigenvalue weighted by Crippen LogP contribution is -2.09. The summed E-state index contributed by atoms with van der Waals surface area (Å²) in [5.74, 6) is 0. The summed E-state index contributed by atoms with van der Waals surface area (Å²) < 4.78 is 2.00. The molecule has 15 heavy (non-hydrogen) atoms. The van der Waals surface area contributed by atoms with Crippen molar-refractivity contribution in [2.24, 2.45) is 0 Å². The summed E-state index contributed by atoms with van der Waals surface area (Å²) in [6.45, 7) is 2.80.